The number of hydrogen-bond donors (Lipinski definition) is 2. The second-order valence-corrected chi connectivity index (χ2v) is 6.25. The minimum absolute atomic E-state index is 0.0717. The number of anilines is 2. The molecule has 0 spiro atoms. The first-order chi connectivity index (χ1) is 13.0. The minimum Gasteiger partial charge on any atom is -0.352 e. The van der Waals surface area contributed by atoms with Gasteiger partial charge in [0, 0.05) is 29.4 Å². The molecule has 1 heterocycles. The zero-order chi connectivity index (χ0) is 19.2. The van der Waals surface area contributed by atoms with Crippen molar-refractivity contribution >= 4 is 29.0 Å². The quantitative estimate of drug-likeness (QED) is 0.643. The summed E-state index contributed by atoms with van der Waals surface area (Å²) in [7, 11) is 0. The second-order valence-electron chi connectivity index (χ2n) is 5.81. The smallest absolute Gasteiger partial charge is 0.251 e. The molecule has 2 aromatic carbocycles. The fourth-order valence-electron chi connectivity index (χ4n) is 2.48. The van der Waals surface area contributed by atoms with Gasteiger partial charge in [-0.3, -0.25) is 4.79 Å². The highest BCUT2D eigenvalue weighted by molar-refractivity contribution is 6.30. The summed E-state index contributed by atoms with van der Waals surface area (Å²) in [6, 6.07) is 13.7. The monoisotopic (exact) mass is 387 g/mol. The van der Waals surface area contributed by atoms with Crippen LogP contribution in [-0.4, -0.2) is 17.4 Å². The maximum atomic E-state index is 13.7. The van der Waals surface area contributed by atoms with Gasteiger partial charge in [0.05, 0.1) is 5.69 Å². The molecule has 0 saturated heterocycles. The molecule has 0 atom stereocenters. The molecule has 0 aliphatic rings. The average molecular weight is 388 g/mol. The number of nitrogens with zero attached hydrogens (tertiary/aromatic N) is 1. The molecule has 0 bridgehead atoms. The predicted molar refractivity (Wildman–Crippen MR) is 101 cm³/mol. The van der Waals surface area contributed by atoms with E-state index in [1.165, 1.54) is 18.3 Å². The Hall–Kier alpha value is -2.99. The van der Waals surface area contributed by atoms with E-state index >= 15 is 0 Å². The number of benzene rings is 2. The number of pyridine rings is 1. The number of carbonyl (C=O) groups excluding carboxylic acids is 1. The van der Waals surface area contributed by atoms with Crippen LogP contribution in [0.15, 0.2) is 60.8 Å². The van der Waals surface area contributed by atoms with E-state index in [0.717, 1.165) is 17.7 Å². The summed E-state index contributed by atoms with van der Waals surface area (Å²) in [6.07, 6.45) is 2.08. The molecule has 27 heavy (non-hydrogen) atoms. The van der Waals surface area contributed by atoms with Crippen molar-refractivity contribution in [3.05, 3.63) is 88.6 Å². The van der Waals surface area contributed by atoms with E-state index in [2.05, 4.69) is 15.6 Å². The normalized spacial score (nSPS) is 10.5. The van der Waals surface area contributed by atoms with Crippen molar-refractivity contribution in [2.75, 3.05) is 11.9 Å². The Kier molecular flexibility index (Phi) is 5.98. The van der Waals surface area contributed by atoms with Crippen molar-refractivity contribution in [3.63, 3.8) is 0 Å². The van der Waals surface area contributed by atoms with Gasteiger partial charge in [-0.2, -0.15) is 0 Å². The summed E-state index contributed by atoms with van der Waals surface area (Å²) < 4.78 is 26.7. The maximum absolute atomic E-state index is 13.7. The standard InChI is InChI=1S/C20H16ClF2N3O/c21-15-3-1-2-13(10-15)6-8-25-20(27)14-7-9-24-19(11-14)26-18-5-4-16(22)12-17(18)23/h1-5,7,9-12H,6,8H2,(H,24,26)(H,25,27). The third-order valence-electron chi connectivity index (χ3n) is 3.80. The zero-order valence-electron chi connectivity index (χ0n) is 14.2. The van der Waals surface area contributed by atoms with Gasteiger partial charge < -0.3 is 10.6 Å². The molecule has 0 radical (unpaired) electrons. The van der Waals surface area contributed by atoms with Crippen LogP contribution < -0.4 is 10.6 Å². The van der Waals surface area contributed by atoms with E-state index in [1.807, 2.05) is 18.2 Å². The van der Waals surface area contributed by atoms with E-state index < -0.39 is 11.6 Å². The van der Waals surface area contributed by atoms with Gasteiger partial charge in [-0.25, -0.2) is 13.8 Å². The van der Waals surface area contributed by atoms with Crippen molar-refractivity contribution in [3.8, 4) is 0 Å². The third kappa shape index (κ3) is 5.24. The molecule has 0 saturated carbocycles. The fraction of sp³-hybridized carbons (Fsp3) is 0.100. The summed E-state index contributed by atoms with van der Waals surface area (Å²) in [5.74, 6) is -1.41. The average Bonchev–Trinajstić information content (AvgIpc) is 2.64. The van der Waals surface area contributed by atoms with Crippen molar-refractivity contribution in [1.29, 1.82) is 0 Å². The molecule has 1 aromatic heterocycles. The van der Waals surface area contributed by atoms with Crippen molar-refractivity contribution in [2.24, 2.45) is 0 Å². The van der Waals surface area contributed by atoms with Crippen LogP contribution in [0.2, 0.25) is 5.02 Å². The first kappa shape index (κ1) is 18.8. The minimum atomic E-state index is -0.742. The lowest BCUT2D eigenvalue weighted by Crippen LogP contribution is -2.25. The lowest BCUT2D eigenvalue weighted by molar-refractivity contribution is 0.0954. The molecule has 3 rings (SSSR count). The van der Waals surface area contributed by atoms with Crippen LogP contribution in [0.1, 0.15) is 15.9 Å². The van der Waals surface area contributed by atoms with E-state index in [-0.39, 0.29) is 17.4 Å². The van der Waals surface area contributed by atoms with E-state index in [4.69, 9.17) is 11.6 Å². The SMILES string of the molecule is O=C(NCCc1cccc(Cl)c1)c1ccnc(Nc2ccc(F)cc2F)c1. The van der Waals surface area contributed by atoms with E-state index in [0.29, 0.717) is 23.6 Å². The van der Waals surface area contributed by atoms with Crippen LogP contribution in [0, 0.1) is 11.6 Å². The Morgan fingerprint density at radius 1 is 1.07 bits per heavy atom. The molecule has 0 unspecified atom stereocenters. The highest BCUT2D eigenvalue weighted by Gasteiger charge is 2.09. The van der Waals surface area contributed by atoms with Crippen LogP contribution in [0.5, 0.6) is 0 Å². The van der Waals surface area contributed by atoms with E-state index in [1.54, 1.807) is 12.1 Å². The largest absolute Gasteiger partial charge is 0.352 e. The molecule has 0 aliphatic heterocycles. The van der Waals surface area contributed by atoms with Gasteiger partial charge in [0.15, 0.2) is 0 Å². The number of amides is 1. The molecule has 0 aliphatic carbocycles. The number of halogens is 3. The fourth-order valence-corrected chi connectivity index (χ4v) is 2.70. The van der Waals surface area contributed by atoms with Crippen LogP contribution in [-0.2, 0) is 6.42 Å². The number of carbonyl (C=O) groups is 1. The molecule has 138 valence electrons. The van der Waals surface area contributed by atoms with Crippen LogP contribution in [0.3, 0.4) is 0 Å². The Morgan fingerprint density at radius 3 is 2.70 bits per heavy atom. The third-order valence-corrected chi connectivity index (χ3v) is 4.04. The molecular formula is C20H16ClF2N3O. The molecule has 3 aromatic rings. The highest BCUT2D eigenvalue weighted by Crippen LogP contribution is 2.20. The lowest BCUT2D eigenvalue weighted by Gasteiger charge is -2.09. The molecule has 1 amide bonds. The number of aromatic nitrogens is 1. The molecular weight excluding hydrogens is 372 g/mol. The van der Waals surface area contributed by atoms with Crippen molar-refractivity contribution in [2.45, 2.75) is 6.42 Å². The van der Waals surface area contributed by atoms with Crippen molar-refractivity contribution < 1.29 is 13.6 Å². The number of rotatable bonds is 6. The van der Waals surface area contributed by atoms with Gasteiger partial charge in [-0.15, -0.1) is 0 Å². The molecule has 0 fully saturated rings. The molecule has 7 heteroatoms. The maximum Gasteiger partial charge on any atom is 0.251 e. The molecule has 2 N–H and O–H groups in total. The first-order valence-electron chi connectivity index (χ1n) is 8.22. The Morgan fingerprint density at radius 2 is 1.93 bits per heavy atom. The topological polar surface area (TPSA) is 54.0 Å². The van der Waals surface area contributed by atoms with Crippen LogP contribution in [0.4, 0.5) is 20.3 Å². The van der Waals surface area contributed by atoms with Crippen molar-refractivity contribution in [1.82, 2.24) is 10.3 Å². The van der Waals surface area contributed by atoms with Gasteiger partial charge in [-0.05, 0) is 48.4 Å². The number of hydrogen-bond acceptors (Lipinski definition) is 3. The summed E-state index contributed by atoms with van der Waals surface area (Å²) >= 11 is 5.94. The Labute approximate surface area is 160 Å². The Balaban J connectivity index is 1.61. The summed E-state index contributed by atoms with van der Waals surface area (Å²) in [4.78, 5) is 16.4. The number of nitrogens with one attached hydrogen (secondary N) is 2. The lowest BCUT2D eigenvalue weighted by atomic mass is 10.1. The van der Waals surface area contributed by atoms with Gasteiger partial charge in [0.25, 0.3) is 5.91 Å². The van der Waals surface area contributed by atoms with Crippen LogP contribution in [0.25, 0.3) is 0 Å². The Bertz CT molecular complexity index is 965. The summed E-state index contributed by atoms with van der Waals surface area (Å²) in [5.41, 5.74) is 1.47. The van der Waals surface area contributed by atoms with Gasteiger partial charge >= 0.3 is 0 Å². The predicted octanol–water partition coefficient (Wildman–Crippen LogP) is 4.73. The second kappa shape index (κ2) is 8.60. The van der Waals surface area contributed by atoms with Gasteiger partial charge in [0.2, 0.25) is 0 Å². The summed E-state index contributed by atoms with van der Waals surface area (Å²) in [5, 5.41) is 6.20. The van der Waals surface area contributed by atoms with Crippen LogP contribution >= 0.6 is 11.6 Å². The summed E-state index contributed by atoms with van der Waals surface area (Å²) in [6.45, 7) is 0.441. The van der Waals surface area contributed by atoms with Gasteiger partial charge in [-0.1, -0.05) is 23.7 Å². The molecule has 4 nitrogen and oxygen atoms in total. The zero-order valence-corrected chi connectivity index (χ0v) is 14.9. The van der Waals surface area contributed by atoms with E-state index in [9.17, 15) is 13.6 Å². The van der Waals surface area contributed by atoms with Gasteiger partial charge in [0.1, 0.15) is 17.5 Å². The first-order valence-corrected chi connectivity index (χ1v) is 8.60. The highest BCUT2D eigenvalue weighted by atomic mass is 35.5.